The van der Waals surface area contributed by atoms with Crippen molar-refractivity contribution in [2.45, 2.75) is 72.0 Å². The summed E-state index contributed by atoms with van der Waals surface area (Å²) in [5, 5.41) is 33.9. The van der Waals surface area contributed by atoms with Crippen molar-refractivity contribution in [3.63, 3.8) is 0 Å². The second kappa shape index (κ2) is 15.0. The van der Waals surface area contributed by atoms with E-state index >= 15 is 0 Å². The van der Waals surface area contributed by atoms with E-state index in [2.05, 4.69) is 68.5 Å². The standard InChI is InChI=1S/C27H35N3O.C6H5NO3.Zn/c1-26(2,3)21-15-20(25(31)24(16-21)27(4,5)6)17-30(18-22-11-7-9-13-28-22)19-23-12-8-10-14-29-23;8-6-3-1-5(2-4-6)7(9)10;/h7-16,31H,17-19H2,1-6H3;1-4,8H;/q;;+2/p-2. The molecule has 0 radical (unpaired) electrons. The normalized spacial score (nSPS) is 11.3. The van der Waals surface area contributed by atoms with Gasteiger partial charge in [0.15, 0.2) is 0 Å². The second-order valence-corrected chi connectivity index (χ2v) is 12.1. The first kappa shape index (κ1) is 34.5. The topological polar surface area (TPSA) is 118 Å². The van der Waals surface area contributed by atoms with Gasteiger partial charge < -0.3 is 10.2 Å². The fourth-order valence-corrected chi connectivity index (χ4v) is 4.21. The molecule has 216 valence electrons. The number of nitro benzene ring substituents is 1. The predicted molar refractivity (Wildman–Crippen MR) is 157 cm³/mol. The van der Waals surface area contributed by atoms with Gasteiger partial charge in [0.1, 0.15) is 0 Å². The average Bonchev–Trinajstić information content (AvgIpc) is 2.90. The summed E-state index contributed by atoms with van der Waals surface area (Å²) in [7, 11) is 0. The quantitative estimate of drug-likeness (QED) is 0.141. The Morgan fingerprint density at radius 2 is 1.26 bits per heavy atom. The van der Waals surface area contributed by atoms with E-state index < -0.39 is 4.92 Å². The summed E-state index contributed by atoms with van der Waals surface area (Å²) in [6.45, 7) is 14.8. The van der Waals surface area contributed by atoms with Gasteiger partial charge in [-0.2, -0.15) is 0 Å². The molecule has 4 aromatic rings. The number of pyridine rings is 2. The molecule has 2 aromatic carbocycles. The van der Waals surface area contributed by atoms with Crippen LogP contribution in [0.5, 0.6) is 11.5 Å². The van der Waals surface area contributed by atoms with Crippen LogP contribution < -0.4 is 10.2 Å². The van der Waals surface area contributed by atoms with E-state index in [1.807, 2.05) is 48.8 Å². The zero-order valence-electron chi connectivity index (χ0n) is 25.3. The van der Waals surface area contributed by atoms with Crippen LogP contribution in [-0.2, 0) is 49.9 Å². The zero-order valence-corrected chi connectivity index (χ0v) is 28.3. The van der Waals surface area contributed by atoms with E-state index in [1.54, 1.807) is 0 Å². The van der Waals surface area contributed by atoms with Gasteiger partial charge in [-0.1, -0.05) is 77.9 Å². The average molecular weight is 620 g/mol. The van der Waals surface area contributed by atoms with Gasteiger partial charge in [-0.15, -0.1) is 11.5 Å². The monoisotopic (exact) mass is 618 g/mol. The molecule has 0 fully saturated rings. The number of aromatic nitrogens is 2. The van der Waals surface area contributed by atoms with Crippen LogP contribution in [0.1, 0.15) is 69.6 Å². The summed E-state index contributed by atoms with van der Waals surface area (Å²) < 4.78 is 0. The second-order valence-electron chi connectivity index (χ2n) is 12.1. The first-order valence-corrected chi connectivity index (χ1v) is 13.5. The Morgan fingerprint density at radius 3 is 1.67 bits per heavy atom. The number of hydrogen-bond donors (Lipinski definition) is 0. The molecule has 0 unspecified atom stereocenters. The summed E-state index contributed by atoms with van der Waals surface area (Å²) in [4.78, 5) is 20.7. The van der Waals surface area contributed by atoms with Crippen LogP contribution >= 0.6 is 0 Å². The molecule has 0 aliphatic carbocycles. The van der Waals surface area contributed by atoms with Crippen molar-refractivity contribution in [1.29, 1.82) is 0 Å². The van der Waals surface area contributed by atoms with Gasteiger partial charge in [0.05, 0.1) is 16.3 Å². The van der Waals surface area contributed by atoms with Crippen molar-refractivity contribution in [1.82, 2.24) is 14.9 Å². The predicted octanol–water partition coefficient (Wildman–Crippen LogP) is 6.01. The van der Waals surface area contributed by atoms with Gasteiger partial charge in [-0.3, -0.25) is 25.0 Å². The number of nitrogens with zero attached hydrogens (tertiary/aromatic N) is 4. The van der Waals surface area contributed by atoms with E-state index in [0.717, 1.165) is 34.6 Å². The van der Waals surface area contributed by atoms with E-state index in [4.69, 9.17) is 0 Å². The van der Waals surface area contributed by atoms with Crippen LogP contribution in [0.3, 0.4) is 0 Å². The molecule has 2 heterocycles. The third-order valence-corrected chi connectivity index (χ3v) is 6.50. The van der Waals surface area contributed by atoms with Gasteiger partial charge in [-0.05, 0) is 51.8 Å². The van der Waals surface area contributed by atoms with Crippen molar-refractivity contribution in [3.8, 4) is 11.5 Å². The summed E-state index contributed by atoms with van der Waals surface area (Å²) >= 11 is 0. The number of nitro groups is 1. The van der Waals surface area contributed by atoms with Crippen LogP contribution in [0.15, 0.2) is 85.2 Å². The summed E-state index contributed by atoms with van der Waals surface area (Å²) in [5.41, 5.74) is 4.58. The minimum atomic E-state index is -0.542. The Hall–Kier alpha value is -3.68. The fraction of sp³-hybridized carbons (Fsp3) is 0.333. The molecule has 8 nitrogen and oxygen atoms in total. The molecule has 0 saturated carbocycles. The molecule has 0 aliphatic rings. The van der Waals surface area contributed by atoms with E-state index in [-0.39, 0.29) is 47.5 Å². The van der Waals surface area contributed by atoms with Crippen molar-refractivity contribution in [2.75, 3.05) is 0 Å². The van der Waals surface area contributed by atoms with Crippen molar-refractivity contribution < 1.29 is 34.6 Å². The zero-order chi connectivity index (χ0) is 30.2. The molecule has 42 heavy (non-hydrogen) atoms. The van der Waals surface area contributed by atoms with Gasteiger partial charge >= 0.3 is 19.5 Å². The van der Waals surface area contributed by atoms with Gasteiger partial charge in [-0.25, -0.2) is 0 Å². The molecule has 9 heteroatoms. The largest absolute Gasteiger partial charge is 2.00 e. The molecule has 0 N–H and O–H groups in total. The van der Waals surface area contributed by atoms with E-state index in [0.29, 0.717) is 19.6 Å². The number of rotatable bonds is 7. The molecule has 4 rings (SSSR count). The number of benzene rings is 2. The third kappa shape index (κ3) is 10.3. The van der Waals surface area contributed by atoms with Crippen LogP contribution in [0.25, 0.3) is 0 Å². The van der Waals surface area contributed by atoms with Crippen molar-refractivity contribution in [3.05, 3.63) is 123 Å². The van der Waals surface area contributed by atoms with Gasteiger partial charge in [0.25, 0.3) is 5.69 Å². The first-order chi connectivity index (χ1) is 19.2. The Balaban J connectivity index is 0.000000475. The molecule has 0 amide bonds. The molecular weight excluding hydrogens is 582 g/mol. The molecule has 0 spiro atoms. The Bertz CT molecular complexity index is 1380. The van der Waals surface area contributed by atoms with Gasteiger partial charge in [0, 0.05) is 44.2 Å². The van der Waals surface area contributed by atoms with Crippen molar-refractivity contribution >= 4 is 5.69 Å². The van der Waals surface area contributed by atoms with E-state index in [1.165, 1.54) is 17.7 Å². The van der Waals surface area contributed by atoms with Crippen LogP contribution in [0.2, 0.25) is 0 Å². The van der Waals surface area contributed by atoms with Gasteiger partial charge in [0.2, 0.25) is 0 Å². The summed E-state index contributed by atoms with van der Waals surface area (Å²) in [6.07, 6.45) is 3.62. The minimum Gasteiger partial charge on any atom is -0.872 e. The summed E-state index contributed by atoms with van der Waals surface area (Å²) in [6, 6.07) is 20.8. The molecule has 2 aromatic heterocycles. The van der Waals surface area contributed by atoms with Crippen molar-refractivity contribution in [2.24, 2.45) is 0 Å². The molecule has 0 atom stereocenters. The Morgan fingerprint density at radius 1 is 0.738 bits per heavy atom. The SMILES string of the molecule is CC(C)(C)c1cc(CN(Cc2ccccn2)Cc2ccccn2)c([O-])c(C(C)(C)C)c1.O=[N+]([O-])c1ccc([O-])cc1.[Zn+2]. The number of non-ortho nitro benzene ring substituents is 1. The number of hydrogen-bond acceptors (Lipinski definition) is 7. The van der Waals surface area contributed by atoms with Crippen LogP contribution in [-0.4, -0.2) is 19.8 Å². The van der Waals surface area contributed by atoms with E-state index in [9.17, 15) is 20.3 Å². The Labute approximate surface area is 261 Å². The first-order valence-electron chi connectivity index (χ1n) is 13.5. The summed E-state index contributed by atoms with van der Waals surface area (Å²) in [5.74, 6) is -0.0712. The maximum absolute atomic E-state index is 13.5. The molecule has 0 bridgehead atoms. The maximum Gasteiger partial charge on any atom is 2.00 e. The smallest absolute Gasteiger partial charge is 0.872 e. The maximum atomic E-state index is 13.5. The van der Waals surface area contributed by atoms with Crippen LogP contribution in [0.4, 0.5) is 5.69 Å². The molecule has 0 aliphatic heterocycles. The van der Waals surface area contributed by atoms with Crippen LogP contribution in [0, 0.1) is 10.1 Å². The molecular formula is C33H38N4O4Zn. The Kier molecular flexibility index (Phi) is 12.3. The third-order valence-electron chi connectivity index (χ3n) is 6.50. The molecule has 0 saturated heterocycles. The minimum absolute atomic E-state index is 0. The fourth-order valence-electron chi connectivity index (χ4n) is 4.21.